The molecule has 1 aliphatic carbocycles. The van der Waals surface area contributed by atoms with Crippen molar-refractivity contribution in [1.82, 2.24) is 4.90 Å². The molecule has 1 aromatic carbocycles. The number of aliphatic imine (C=N–C) groups is 1. The quantitative estimate of drug-likeness (QED) is 0.633. The zero-order valence-electron chi connectivity index (χ0n) is 11.6. The van der Waals surface area contributed by atoms with Crippen molar-refractivity contribution in [1.29, 1.82) is 0 Å². The third-order valence-electron chi connectivity index (χ3n) is 3.39. The Morgan fingerprint density at radius 2 is 1.95 bits per heavy atom. The normalized spacial score (nSPS) is 15.2. The Bertz CT molecular complexity index is 500. The second kappa shape index (κ2) is 5.30. The maximum absolute atomic E-state index is 11.9. The molecule has 5 heteroatoms. The molecule has 0 saturated heterocycles. The van der Waals surface area contributed by atoms with E-state index in [2.05, 4.69) is 10.3 Å². The van der Waals surface area contributed by atoms with Crippen molar-refractivity contribution in [3.63, 3.8) is 0 Å². The Balaban J connectivity index is 2.06. The van der Waals surface area contributed by atoms with Gasteiger partial charge in [0.1, 0.15) is 0 Å². The predicted octanol–water partition coefficient (Wildman–Crippen LogP) is 2.24. The van der Waals surface area contributed by atoms with Crippen LogP contribution in [0, 0.1) is 13.8 Å². The van der Waals surface area contributed by atoms with Gasteiger partial charge in [0.05, 0.1) is 0 Å². The van der Waals surface area contributed by atoms with Gasteiger partial charge in [0.25, 0.3) is 0 Å². The standard InChI is InChI=1S/C14H20N4O/c1-9-5-4-6-10(2)12(9)16-14(19)17-13(15)18(3)11-7-8-11/h4-6,11H,7-8H2,1-3H3,(H3,15,16,17,19). The molecular weight excluding hydrogens is 240 g/mol. The summed E-state index contributed by atoms with van der Waals surface area (Å²) in [5.74, 6) is 0.270. The largest absolute Gasteiger partial charge is 0.369 e. The fraction of sp³-hybridized carbons (Fsp3) is 0.429. The minimum absolute atomic E-state index is 0.270. The molecule has 0 unspecified atom stereocenters. The number of nitrogens with two attached hydrogens (primary N) is 1. The third kappa shape index (κ3) is 3.24. The van der Waals surface area contributed by atoms with Gasteiger partial charge >= 0.3 is 6.03 Å². The van der Waals surface area contributed by atoms with Crippen molar-refractivity contribution in [3.05, 3.63) is 29.3 Å². The fourth-order valence-corrected chi connectivity index (χ4v) is 1.98. The number of benzene rings is 1. The fourth-order valence-electron chi connectivity index (χ4n) is 1.98. The molecule has 0 atom stereocenters. The third-order valence-corrected chi connectivity index (χ3v) is 3.39. The van der Waals surface area contributed by atoms with Crippen molar-refractivity contribution in [2.24, 2.45) is 10.7 Å². The molecule has 1 aromatic rings. The summed E-state index contributed by atoms with van der Waals surface area (Å²) in [5.41, 5.74) is 8.63. The Labute approximate surface area is 113 Å². The molecule has 0 aliphatic heterocycles. The number of hydrogen-bond acceptors (Lipinski definition) is 1. The summed E-state index contributed by atoms with van der Waals surface area (Å²) >= 11 is 0. The Kier molecular flexibility index (Phi) is 3.74. The predicted molar refractivity (Wildman–Crippen MR) is 77.3 cm³/mol. The second-order valence-corrected chi connectivity index (χ2v) is 5.01. The summed E-state index contributed by atoms with van der Waals surface area (Å²) in [4.78, 5) is 17.6. The number of carbonyl (C=O) groups is 1. The Morgan fingerprint density at radius 1 is 1.37 bits per heavy atom. The molecule has 19 heavy (non-hydrogen) atoms. The van der Waals surface area contributed by atoms with Gasteiger partial charge in [-0.3, -0.25) is 0 Å². The molecule has 1 fully saturated rings. The van der Waals surface area contributed by atoms with Crippen LogP contribution in [0.1, 0.15) is 24.0 Å². The number of anilines is 1. The summed E-state index contributed by atoms with van der Waals surface area (Å²) in [6, 6.07) is 5.87. The van der Waals surface area contributed by atoms with Gasteiger partial charge in [-0.1, -0.05) is 18.2 Å². The van der Waals surface area contributed by atoms with E-state index in [1.807, 2.05) is 44.0 Å². The Hall–Kier alpha value is -2.04. The summed E-state index contributed by atoms with van der Waals surface area (Å²) in [6.45, 7) is 3.90. The molecule has 102 valence electrons. The molecule has 3 N–H and O–H groups in total. The summed E-state index contributed by atoms with van der Waals surface area (Å²) in [5, 5.41) is 2.79. The maximum atomic E-state index is 11.9. The van der Waals surface area contributed by atoms with Crippen LogP contribution in [0.25, 0.3) is 0 Å². The number of amides is 2. The Morgan fingerprint density at radius 3 is 2.47 bits per heavy atom. The average Bonchev–Trinajstić information content (AvgIpc) is 3.17. The molecule has 2 amide bonds. The maximum Gasteiger partial charge on any atom is 0.348 e. The number of guanidine groups is 1. The molecule has 0 heterocycles. The van der Waals surface area contributed by atoms with Crippen molar-refractivity contribution in [2.45, 2.75) is 32.7 Å². The lowest BCUT2D eigenvalue weighted by Gasteiger charge is -2.16. The van der Waals surface area contributed by atoms with E-state index in [0.29, 0.717) is 6.04 Å². The average molecular weight is 260 g/mol. The molecule has 0 aromatic heterocycles. The lowest BCUT2D eigenvalue weighted by atomic mass is 10.1. The lowest BCUT2D eigenvalue weighted by Crippen LogP contribution is -2.36. The number of nitrogens with zero attached hydrogens (tertiary/aromatic N) is 2. The highest BCUT2D eigenvalue weighted by atomic mass is 16.2. The van der Waals surface area contributed by atoms with Crippen LogP contribution in [0.4, 0.5) is 10.5 Å². The zero-order valence-corrected chi connectivity index (χ0v) is 11.6. The lowest BCUT2D eigenvalue weighted by molar-refractivity contribution is 0.259. The highest BCUT2D eigenvalue weighted by molar-refractivity contribution is 5.99. The van der Waals surface area contributed by atoms with Gasteiger partial charge in [-0.25, -0.2) is 4.79 Å². The van der Waals surface area contributed by atoms with Gasteiger partial charge in [0.2, 0.25) is 5.96 Å². The van der Waals surface area contributed by atoms with Crippen LogP contribution in [0.5, 0.6) is 0 Å². The first-order valence-electron chi connectivity index (χ1n) is 6.43. The van der Waals surface area contributed by atoms with Gasteiger partial charge in [-0.05, 0) is 37.8 Å². The molecule has 2 rings (SSSR count). The van der Waals surface area contributed by atoms with Crippen LogP contribution in [-0.4, -0.2) is 30.0 Å². The number of rotatable bonds is 2. The van der Waals surface area contributed by atoms with Gasteiger partial charge in [0.15, 0.2) is 0 Å². The number of urea groups is 1. The first-order chi connectivity index (χ1) is 8.99. The smallest absolute Gasteiger partial charge is 0.348 e. The minimum Gasteiger partial charge on any atom is -0.369 e. The first kappa shape index (κ1) is 13.4. The zero-order chi connectivity index (χ0) is 14.0. The van der Waals surface area contributed by atoms with E-state index in [4.69, 9.17) is 5.73 Å². The van der Waals surface area contributed by atoms with Crippen molar-refractivity contribution >= 4 is 17.7 Å². The minimum atomic E-state index is -0.428. The van der Waals surface area contributed by atoms with E-state index in [1.54, 1.807) is 0 Å². The van der Waals surface area contributed by atoms with Crippen LogP contribution in [0.15, 0.2) is 23.2 Å². The van der Waals surface area contributed by atoms with Gasteiger partial charge in [-0.15, -0.1) is 0 Å². The summed E-state index contributed by atoms with van der Waals surface area (Å²) in [6.07, 6.45) is 2.23. The molecule has 0 bridgehead atoms. The van der Waals surface area contributed by atoms with Crippen molar-refractivity contribution in [3.8, 4) is 0 Å². The molecular formula is C14H20N4O. The van der Waals surface area contributed by atoms with E-state index >= 15 is 0 Å². The number of aryl methyl sites for hydroxylation is 2. The number of nitrogens with one attached hydrogen (secondary N) is 1. The van der Waals surface area contributed by atoms with E-state index < -0.39 is 6.03 Å². The van der Waals surface area contributed by atoms with Gasteiger partial charge in [-0.2, -0.15) is 4.99 Å². The first-order valence-corrected chi connectivity index (χ1v) is 6.43. The SMILES string of the molecule is Cc1cccc(C)c1NC(=O)N=C(N)N(C)C1CC1. The van der Waals surface area contributed by atoms with Crippen molar-refractivity contribution in [2.75, 3.05) is 12.4 Å². The van der Waals surface area contributed by atoms with Gasteiger partial charge in [0, 0.05) is 18.8 Å². The van der Waals surface area contributed by atoms with E-state index in [1.165, 1.54) is 0 Å². The van der Waals surface area contributed by atoms with E-state index in [9.17, 15) is 4.79 Å². The highest BCUT2D eigenvalue weighted by Gasteiger charge is 2.27. The summed E-state index contributed by atoms with van der Waals surface area (Å²) < 4.78 is 0. The molecule has 0 spiro atoms. The monoisotopic (exact) mass is 260 g/mol. The van der Waals surface area contributed by atoms with Crippen LogP contribution in [-0.2, 0) is 0 Å². The number of hydrogen-bond donors (Lipinski definition) is 2. The topological polar surface area (TPSA) is 70.7 Å². The van der Waals surface area contributed by atoms with Crippen LogP contribution in [0.2, 0.25) is 0 Å². The van der Waals surface area contributed by atoms with E-state index in [-0.39, 0.29) is 5.96 Å². The number of para-hydroxylation sites is 1. The van der Waals surface area contributed by atoms with E-state index in [0.717, 1.165) is 29.7 Å². The molecule has 1 aliphatic rings. The van der Waals surface area contributed by atoms with Gasteiger partial charge < -0.3 is 16.0 Å². The van der Waals surface area contributed by atoms with Crippen LogP contribution < -0.4 is 11.1 Å². The molecule has 5 nitrogen and oxygen atoms in total. The number of carbonyl (C=O) groups excluding carboxylic acids is 1. The molecule has 0 radical (unpaired) electrons. The highest BCUT2D eigenvalue weighted by Crippen LogP contribution is 2.25. The molecule has 1 saturated carbocycles. The summed E-state index contributed by atoms with van der Waals surface area (Å²) in [7, 11) is 1.86. The second-order valence-electron chi connectivity index (χ2n) is 5.01. The van der Waals surface area contributed by atoms with Crippen LogP contribution in [0.3, 0.4) is 0 Å². The van der Waals surface area contributed by atoms with Crippen LogP contribution >= 0.6 is 0 Å². The van der Waals surface area contributed by atoms with Crippen molar-refractivity contribution < 1.29 is 4.79 Å².